The number of rotatable bonds is 15. The van der Waals surface area contributed by atoms with E-state index in [0.29, 0.717) is 42.0 Å². The van der Waals surface area contributed by atoms with Gasteiger partial charge in [0.15, 0.2) is 0 Å². The Morgan fingerprint density at radius 3 is 2.44 bits per heavy atom. The number of benzene rings is 3. The third-order valence-electron chi connectivity index (χ3n) is 12.8. The Morgan fingerprint density at radius 2 is 1.82 bits per heavy atom. The number of hydroxylamine groups is 2. The van der Waals surface area contributed by atoms with E-state index in [1.54, 1.807) is 19.1 Å². The summed E-state index contributed by atoms with van der Waals surface area (Å²) >= 11 is 0. The third kappa shape index (κ3) is 8.42. The predicted octanol–water partition coefficient (Wildman–Crippen LogP) is 4.65. The highest BCUT2D eigenvalue weighted by Gasteiger charge is 2.57. The molecule has 4 fully saturated rings. The lowest BCUT2D eigenvalue weighted by Gasteiger charge is -2.62. The van der Waals surface area contributed by atoms with Crippen LogP contribution in [-0.2, 0) is 22.6 Å². The van der Waals surface area contributed by atoms with Gasteiger partial charge in [0.2, 0.25) is 5.91 Å². The molecule has 1 saturated heterocycles. The van der Waals surface area contributed by atoms with Crippen molar-refractivity contribution in [1.29, 1.82) is 0 Å². The molecule has 0 unspecified atom stereocenters. The fourth-order valence-corrected chi connectivity index (χ4v) is 9.57. The van der Waals surface area contributed by atoms with Crippen LogP contribution in [0.25, 0.3) is 11.1 Å². The van der Waals surface area contributed by atoms with Gasteiger partial charge in [0.25, 0.3) is 5.91 Å². The van der Waals surface area contributed by atoms with E-state index in [0.717, 1.165) is 34.4 Å². The van der Waals surface area contributed by atoms with Crippen LogP contribution in [0, 0.1) is 29.1 Å². The number of anilines is 1. The van der Waals surface area contributed by atoms with Crippen molar-refractivity contribution < 1.29 is 29.4 Å². The molecule has 3 aromatic carbocycles. The van der Waals surface area contributed by atoms with Crippen molar-refractivity contribution in [1.82, 2.24) is 21.0 Å². The predicted molar refractivity (Wildman–Crippen MR) is 216 cm³/mol. The summed E-state index contributed by atoms with van der Waals surface area (Å²) in [5.41, 5.74) is 5.12. The van der Waals surface area contributed by atoms with Crippen LogP contribution in [0.4, 0.5) is 5.69 Å². The molecule has 5 N–H and O–H groups in total. The van der Waals surface area contributed by atoms with Crippen LogP contribution < -0.4 is 25.6 Å². The number of hydrogen-bond donors (Lipinski definition) is 5. The van der Waals surface area contributed by atoms with E-state index >= 15 is 0 Å². The molecule has 1 heterocycles. The lowest BCUT2D eigenvalue weighted by Crippen LogP contribution is -2.62. The molecule has 2 bridgehead atoms. The largest absolute Gasteiger partial charge is 0.496 e. The van der Waals surface area contributed by atoms with Crippen LogP contribution in [0.1, 0.15) is 62.0 Å². The number of amides is 2. The van der Waals surface area contributed by atoms with Crippen molar-refractivity contribution in [3.8, 4) is 16.9 Å². The lowest BCUT2D eigenvalue weighted by atomic mass is 9.45. The Hall–Kier alpha value is -4.00. The van der Waals surface area contributed by atoms with E-state index in [9.17, 15) is 19.8 Å². The topological polar surface area (TPSA) is 136 Å². The number of likely N-dealkylation sites (N-methyl/N-ethyl adjacent to an activating group) is 1. The number of hydrogen-bond acceptors (Lipinski definition) is 9. The molecule has 3 saturated carbocycles. The molecule has 3 aromatic rings. The number of aliphatic hydroxyl groups is 2. The molecule has 0 spiro atoms. The first-order valence-electron chi connectivity index (χ1n) is 19.8. The van der Waals surface area contributed by atoms with Gasteiger partial charge >= 0.3 is 0 Å². The Bertz CT molecular complexity index is 1800. The van der Waals surface area contributed by atoms with Gasteiger partial charge in [0.05, 0.1) is 26.4 Å². The van der Waals surface area contributed by atoms with Gasteiger partial charge < -0.3 is 35.8 Å². The van der Waals surface area contributed by atoms with Crippen molar-refractivity contribution in [3.05, 3.63) is 83.4 Å². The minimum Gasteiger partial charge on any atom is -0.496 e. The average Bonchev–Trinajstić information content (AvgIpc) is 3.54. The summed E-state index contributed by atoms with van der Waals surface area (Å²) in [6, 6.07) is 20.8. The molecule has 0 radical (unpaired) electrons. The number of nitrogens with one attached hydrogen (secondary N) is 3. The number of nitrogens with zero attached hydrogens (tertiary/aromatic N) is 2. The first-order valence-corrected chi connectivity index (χ1v) is 19.8. The fraction of sp³-hybridized carbons (Fsp3) is 0.545. The molecule has 3 aliphatic carbocycles. The monoisotopic (exact) mass is 755 g/mol. The lowest BCUT2D eigenvalue weighted by molar-refractivity contribution is -0.183. The van der Waals surface area contributed by atoms with Crippen molar-refractivity contribution >= 4 is 17.5 Å². The van der Waals surface area contributed by atoms with Gasteiger partial charge in [-0.05, 0) is 85.7 Å². The number of methoxy groups -OCH3 is 1. The van der Waals surface area contributed by atoms with Gasteiger partial charge in [-0.2, -0.15) is 5.06 Å². The zero-order chi connectivity index (χ0) is 39.6. The Balaban J connectivity index is 1.28. The Labute approximate surface area is 326 Å². The Morgan fingerprint density at radius 1 is 1.07 bits per heavy atom. The van der Waals surface area contributed by atoms with Gasteiger partial charge in [-0.25, -0.2) is 0 Å². The number of carbonyl (C=O) groups is 2. The maximum Gasteiger partial charge on any atom is 0.251 e. The quantitative estimate of drug-likeness (QED) is 0.150. The van der Waals surface area contributed by atoms with Gasteiger partial charge in [0, 0.05) is 61.0 Å². The summed E-state index contributed by atoms with van der Waals surface area (Å²) < 4.78 is 6.10. The van der Waals surface area contributed by atoms with Crippen molar-refractivity contribution in [2.75, 3.05) is 46.3 Å². The summed E-state index contributed by atoms with van der Waals surface area (Å²) in [5, 5.41) is 32.7. The van der Waals surface area contributed by atoms with Crippen LogP contribution >= 0.6 is 0 Å². The van der Waals surface area contributed by atoms with Gasteiger partial charge in [0.1, 0.15) is 17.9 Å². The second kappa shape index (κ2) is 17.0. The molecular weight excluding hydrogens is 695 g/mol. The van der Waals surface area contributed by atoms with Gasteiger partial charge in [-0.3, -0.25) is 14.4 Å². The van der Waals surface area contributed by atoms with Crippen LogP contribution in [0.3, 0.4) is 0 Å². The maximum absolute atomic E-state index is 14.3. The second-order valence-electron chi connectivity index (χ2n) is 16.8. The molecule has 11 nitrogen and oxygen atoms in total. The minimum absolute atomic E-state index is 0.0361. The highest BCUT2D eigenvalue weighted by molar-refractivity contribution is 5.97. The van der Waals surface area contributed by atoms with Gasteiger partial charge in [-0.15, -0.1) is 0 Å². The molecule has 4 aliphatic rings. The molecule has 9 atom stereocenters. The number of fused-ring (bicyclic) bond motifs is 2. The first-order chi connectivity index (χ1) is 26.3. The third-order valence-corrected chi connectivity index (χ3v) is 12.8. The molecule has 11 heteroatoms. The van der Waals surface area contributed by atoms with E-state index in [-0.39, 0.29) is 42.5 Å². The zero-order valence-electron chi connectivity index (χ0n) is 33.7. The SMILES string of the molecule is CNC[C@H](Cc1ccccc1)NC(=O)c1cc(-c2cccc(CN3O[C@@H](CO)[C@@H]([C@H](C)O)[C@H]3C(=O)N[C@H]3C[C@H]4C[C@H]([C@@H]3C)C4(C)C)c2OC)cc(N(C)C)c1. The highest BCUT2D eigenvalue weighted by Crippen LogP contribution is 2.61. The smallest absolute Gasteiger partial charge is 0.251 e. The molecule has 1 aliphatic heterocycles. The van der Waals surface area contributed by atoms with E-state index in [4.69, 9.17) is 9.57 Å². The fourth-order valence-electron chi connectivity index (χ4n) is 9.57. The van der Waals surface area contributed by atoms with Crippen molar-refractivity contribution in [3.63, 3.8) is 0 Å². The number of ether oxygens (including phenoxy) is 1. The van der Waals surface area contributed by atoms with Crippen LogP contribution in [0.2, 0.25) is 0 Å². The summed E-state index contributed by atoms with van der Waals surface area (Å²) in [6.45, 7) is 9.00. The maximum atomic E-state index is 14.3. The number of aliphatic hydroxyl groups excluding tert-OH is 2. The molecule has 7 rings (SSSR count). The summed E-state index contributed by atoms with van der Waals surface area (Å²) in [6.07, 6.45) is 1.16. The number of para-hydroxylation sites is 1. The molecular formula is C44H61N5O6. The van der Waals surface area contributed by atoms with E-state index < -0.39 is 24.2 Å². The normalized spacial score (nSPS) is 26.8. The first kappa shape index (κ1) is 40.7. The number of carbonyl (C=O) groups excluding carboxylic acids is 2. The van der Waals surface area contributed by atoms with Gasteiger partial charge in [-0.1, -0.05) is 69.3 Å². The van der Waals surface area contributed by atoms with E-state index in [1.165, 1.54) is 6.42 Å². The van der Waals surface area contributed by atoms with Crippen LogP contribution in [0.5, 0.6) is 5.75 Å². The molecule has 298 valence electrons. The van der Waals surface area contributed by atoms with Crippen LogP contribution in [0.15, 0.2) is 66.7 Å². The van der Waals surface area contributed by atoms with E-state index in [1.807, 2.05) is 80.6 Å². The molecule has 0 aromatic heterocycles. The standard InChI is InChI=1S/C44H61N5O6/c1-26-36-21-32(44(36,3)4)22-37(26)47-43(53)40-39(27(2)51)38(25-50)55-49(40)24-29-15-12-16-35(41(29)54-8)30-18-31(20-34(19-30)48(6)7)42(52)46-33(23-45-5)17-28-13-10-9-11-14-28/h9-16,18-20,26-27,32-33,36-40,45,50-51H,17,21-25H2,1-8H3,(H,46,52)(H,47,53)/t26-,27-,32+,33-,36+,37-,38-,39+,40-/m0/s1. The second-order valence-corrected chi connectivity index (χ2v) is 16.8. The Kier molecular flexibility index (Phi) is 12.6. The minimum atomic E-state index is -0.902. The molecule has 55 heavy (non-hydrogen) atoms. The van der Waals surface area contributed by atoms with Crippen LogP contribution in [-0.4, -0.2) is 98.8 Å². The zero-order valence-corrected chi connectivity index (χ0v) is 33.7. The van der Waals surface area contributed by atoms with Crippen molar-refractivity contribution in [2.24, 2.45) is 29.1 Å². The summed E-state index contributed by atoms with van der Waals surface area (Å²) in [5.74, 6) is 1.01. The summed E-state index contributed by atoms with van der Waals surface area (Å²) in [7, 11) is 7.37. The van der Waals surface area contributed by atoms with Crippen molar-refractivity contribution in [2.45, 2.75) is 83.8 Å². The van der Waals surface area contributed by atoms with E-state index in [2.05, 4.69) is 48.9 Å². The summed E-state index contributed by atoms with van der Waals surface area (Å²) in [4.78, 5) is 36.4. The molecule has 2 amide bonds. The highest BCUT2D eigenvalue weighted by atomic mass is 16.7. The average molecular weight is 756 g/mol.